The molecule has 1 N–H and O–H groups in total. The summed E-state index contributed by atoms with van der Waals surface area (Å²) in [4.78, 5) is 12.1. The molecule has 0 saturated heterocycles. The van der Waals surface area contributed by atoms with Crippen molar-refractivity contribution in [1.29, 1.82) is 0 Å². The van der Waals surface area contributed by atoms with Crippen LogP contribution in [0.25, 0.3) is 6.08 Å². The number of hydrogen-bond donors (Lipinski definition) is 1. The SMILES string of the molecule is CCn1ncc(Cn2cc(NC(=O)/C=C/c3ccc(OC)cc3)cn2)c1C. The number of carbonyl (C=O) groups excluding carboxylic acids is 1. The number of nitrogens with one attached hydrogen (secondary N) is 1. The van der Waals surface area contributed by atoms with Gasteiger partial charge in [0.1, 0.15) is 5.75 Å². The van der Waals surface area contributed by atoms with Crippen molar-refractivity contribution in [2.45, 2.75) is 26.9 Å². The van der Waals surface area contributed by atoms with Gasteiger partial charge >= 0.3 is 0 Å². The van der Waals surface area contributed by atoms with Crippen LogP contribution >= 0.6 is 0 Å². The van der Waals surface area contributed by atoms with Crippen LogP contribution in [0.4, 0.5) is 5.69 Å². The second-order valence-electron chi connectivity index (χ2n) is 6.09. The van der Waals surface area contributed by atoms with E-state index in [1.165, 1.54) is 6.08 Å². The van der Waals surface area contributed by atoms with E-state index in [4.69, 9.17) is 4.74 Å². The lowest BCUT2D eigenvalue weighted by molar-refractivity contribution is -0.111. The minimum atomic E-state index is -0.208. The van der Waals surface area contributed by atoms with Crippen LogP contribution in [-0.2, 0) is 17.9 Å². The highest BCUT2D eigenvalue weighted by molar-refractivity contribution is 6.01. The van der Waals surface area contributed by atoms with Gasteiger partial charge in [-0.25, -0.2) is 0 Å². The summed E-state index contributed by atoms with van der Waals surface area (Å²) in [6.07, 6.45) is 8.55. The maximum absolute atomic E-state index is 12.1. The molecule has 0 bridgehead atoms. The average molecular weight is 365 g/mol. The predicted molar refractivity (Wildman–Crippen MR) is 105 cm³/mol. The Balaban J connectivity index is 1.58. The Hall–Kier alpha value is -3.35. The zero-order chi connectivity index (χ0) is 19.2. The van der Waals surface area contributed by atoms with Crippen molar-refractivity contribution in [3.05, 3.63) is 65.8 Å². The molecule has 0 atom stereocenters. The van der Waals surface area contributed by atoms with Gasteiger partial charge in [-0.1, -0.05) is 12.1 Å². The minimum absolute atomic E-state index is 0.208. The van der Waals surface area contributed by atoms with Crippen molar-refractivity contribution in [3.8, 4) is 5.75 Å². The van der Waals surface area contributed by atoms with Crippen LogP contribution in [0, 0.1) is 6.92 Å². The fraction of sp³-hybridized carbons (Fsp3) is 0.250. The summed E-state index contributed by atoms with van der Waals surface area (Å²) in [5, 5.41) is 11.5. The maximum Gasteiger partial charge on any atom is 0.248 e. The summed E-state index contributed by atoms with van der Waals surface area (Å²) < 4.78 is 8.85. The molecule has 0 fully saturated rings. The van der Waals surface area contributed by atoms with Crippen LogP contribution in [0.15, 0.2) is 48.9 Å². The van der Waals surface area contributed by atoms with E-state index in [9.17, 15) is 4.79 Å². The summed E-state index contributed by atoms with van der Waals surface area (Å²) in [6, 6.07) is 7.48. The standard InChI is InChI=1S/C20H23N5O2/c1-4-25-15(2)17(11-22-25)13-24-14-18(12-21-24)23-20(26)10-7-16-5-8-19(27-3)9-6-16/h5-12,14H,4,13H2,1-3H3,(H,23,26)/b10-7+. The topological polar surface area (TPSA) is 74.0 Å². The number of amides is 1. The molecule has 0 aliphatic rings. The van der Waals surface area contributed by atoms with Crippen LogP contribution in [0.3, 0.4) is 0 Å². The predicted octanol–water partition coefficient (Wildman–Crippen LogP) is 3.12. The van der Waals surface area contributed by atoms with Crippen molar-refractivity contribution >= 4 is 17.7 Å². The lowest BCUT2D eigenvalue weighted by Gasteiger charge is -2.03. The number of anilines is 1. The molecule has 7 nitrogen and oxygen atoms in total. The van der Waals surface area contributed by atoms with Gasteiger partial charge in [-0.05, 0) is 37.6 Å². The van der Waals surface area contributed by atoms with E-state index in [1.807, 2.05) is 48.3 Å². The molecule has 1 aromatic carbocycles. The normalized spacial score (nSPS) is 11.1. The van der Waals surface area contributed by atoms with E-state index in [0.29, 0.717) is 12.2 Å². The number of methoxy groups -OCH3 is 1. The number of rotatable bonds is 7. The van der Waals surface area contributed by atoms with Crippen LogP contribution in [0.2, 0.25) is 0 Å². The Bertz CT molecular complexity index is 938. The smallest absolute Gasteiger partial charge is 0.248 e. The molecular weight excluding hydrogens is 342 g/mol. The van der Waals surface area contributed by atoms with E-state index < -0.39 is 0 Å². The third-order valence-electron chi connectivity index (χ3n) is 4.28. The lowest BCUT2D eigenvalue weighted by Crippen LogP contribution is -2.07. The Morgan fingerprint density at radius 1 is 1.22 bits per heavy atom. The highest BCUT2D eigenvalue weighted by atomic mass is 16.5. The van der Waals surface area contributed by atoms with Gasteiger partial charge < -0.3 is 10.1 Å². The molecule has 3 rings (SSSR count). The van der Waals surface area contributed by atoms with Gasteiger partial charge in [0.25, 0.3) is 0 Å². The first-order valence-corrected chi connectivity index (χ1v) is 8.76. The Morgan fingerprint density at radius 2 is 2.00 bits per heavy atom. The number of nitrogens with zero attached hydrogens (tertiary/aromatic N) is 4. The molecular formula is C20H23N5O2. The molecule has 2 aromatic heterocycles. The third-order valence-corrected chi connectivity index (χ3v) is 4.28. The average Bonchev–Trinajstić information content (AvgIpc) is 3.27. The number of hydrogen-bond acceptors (Lipinski definition) is 4. The van der Waals surface area contributed by atoms with Crippen molar-refractivity contribution in [2.75, 3.05) is 12.4 Å². The van der Waals surface area contributed by atoms with E-state index >= 15 is 0 Å². The molecule has 3 aromatic rings. The quantitative estimate of drug-likeness (QED) is 0.653. The largest absolute Gasteiger partial charge is 0.497 e. The van der Waals surface area contributed by atoms with Gasteiger partial charge in [-0.3, -0.25) is 14.2 Å². The molecule has 0 saturated carbocycles. The van der Waals surface area contributed by atoms with Gasteiger partial charge in [0.05, 0.1) is 31.7 Å². The molecule has 0 unspecified atom stereocenters. The van der Waals surface area contributed by atoms with Gasteiger partial charge in [-0.2, -0.15) is 10.2 Å². The number of benzene rings is 1. The Labute approximate surface area is 158 Å². The molecule has 0 radical (unpaired) electrons. The summed E-state index contributed by atoms with van der Waals surface area (Å²) in [5.74, 6) is 0.573. The molecule has 0 aliphatic carbocycles. The Kier molecular flexibility index (Phi) is 5.71. The van der Waals surface area contributed by atoms with Gasteiger partial charge in [-0.15, -0.1) is 0 Å². The maximum atomic E-state index is 12.1. The second kappa shape index (κ2) is 8.35. The van der Waals surface area contributed by atoms with Gasteiger partial charge in [0.2, 0.25) is 5.91 Å². The van der Waals surface area contributed by atoms with Crippen molar-refractivity contribution < 1.29 is 9.53 Å². The zero-order valence-electron chi connectivity index (χ0n) is 15.7. The van der Waals surface area contributed by atoms with Crippen LogP contribution in [-0.4, -0.2) is 32.6 Å². The van der Waals surface area contributed by atoms with E-state index in [0.717, 1.165) is 29.1 Å². The number of carbonyl (C=O) groups is 1. The minimum Gasteiger partial charge on any atom is -0.497 e. The molecule has 27 heavy (non-hydrogen) atoms. The van der Waals surface area contributed by atoms with Crippen molar-refractivity contribution in [1.82, 2.24) is 19.6 Å². The fourth-order valence-electron chi connectivity index (χ4n) is 2.72. The third kappa shape index (κ3) is 4.63. The highest BCUT2D eigenvalue weighted by Gasteiger charge is 2.07. The number of aromatic nitrogens is 4. The number of ether oxygens (including phenoxy) is 1. The molecule has 0 spiro atoms. The monoisotopic (exact) mass is 365 g/mol. The molecule has 7 heteroatoms. The molecule has 0 aliphatic heterocycles. The highest BCUT2D eigenvalue weighted by Crippen LogP contribution is 2.13. The second-order valence-corrected chi connectivity index (χ2v) is 6.09. The first-order valence-electron chi connectivity index (χ1n) is 8.76. The Morgan fingerprint density at radius 3 is 2.67 bits per heavy atom. The summed E-state index contributed by atoms with van der Waals surface area (Å²) in [6.45, 7) is 5.56. The van der Waals surface area contributed by atoms with Crippen LogP contribution in [0.5, 0.6) is 5.75 Å². The molecule has 140 valence electrons. The van der Waals surface area contributed by atoms with Gasteiger partial charge in [0.15, 0.2) is 0 Å². The van der Waals surface area contributed by atoms with Crippen molar-refractivity contribution in [3.63, 3.8) is 0 Å². The fourth-order valence-corrected chi connectivity index (χ4v) is 2.72. The summed E-state index contributed by atoms with van der Waals surface area (Å²) >= 11 is 0. The van der Waals surface area contributed by atoms with E-state index in [-0.39, 0.29) is 5.91 Å². The first kappa shape index (κ1) is 18.4. The van der Waals surface area contributed by atoms with Gasteiger partial charge in [0, 0.05) is 30.1 Å². The van der Waals surface area contributed by atoms with E-state index in [1.54, 1.807) is 24.1 Å². The number of aryl methyl sites for hydroxylation is 1. The summed E-state index contributed by atoms with van der Waals surface area (Å²) in [7, 11) is 1.62. The summed E-state index contributed by atoms with van der Waals surface area (Å²) in [5.41, 5.74) is 3.81. The van der Waals surface area contributed by atoms with Crippen LogP contribution < -0.4 is 10.1 Å². The zero-order valence-corrected chi connectivity index (χ0v) is 15.7. The first-order chi connectivity index (χ1) is 13.1. The van der Waals surface area contributed by atoms with Crippen molar-refractivity contribution in [2.24, 2.45) is 0 Å². The lowest BCUT2D eigenvalue weighted by atomic mass is 10.2. The molecule has 1 amide bonds. The van der Waals surface area contributed by atoms with E-state index in [2.05, 4.69) is 22.4 Å². The van der Waals surface area contributed by atoms with Crippen LogP contribution in [0.1, 0.15) is 23.7 Å². The molecule has 2 heterocycles.